The summed E-state index contributed by atoms with van der Waals surface area (Å²) in [6.07, 6.45) is -0.917. The maximum Gasteiger partial charge on any atom is 0.416 e. The van der Waals surface area contributed by atoms with E-state index in [0.717, 1.165) is 30.7 Å². The van der Waals surface area contributed by atoms with Crippen LogP contribution in [0.5, 0.6) is 0 Å². The number of aromatic nitrogens is 4. The van der Waals surface area contributed by atoms with Gasteiger partial charge in [-0.15, -0.1) is 0 Å². The number of alkyl halides is 3. The lowest BCUT2D eigenvalue weighted by molar-refractivity contribution is -0.137. The van der Waals surface area contributed by atoms with Crippen molar-refractivity contribution in [3.05, 3.63) is 59.2 Å². The topological polar surface area (TPSA) is 58.0 Å². The van der Waals surface area contributed by atoms with E-state index >= 15 is 4.39 Å². The van der Waals surface area contributed by atoms with Crippen LogP contribution >= 0.6 is 11.3 Å². The second kappa shape index (κ2) is 9.27. The molecular formula is C25H24F4N6S. The molecule has 0 bridgehead atoms. The summed E-state index contributed by atoms with van der Waals surface area (Å²) < 4.78 is 55.0. The Bertz CT molecular complexity index is 1420. The molecule has 0 aliphatic carbocycles. The lowest BCUT2D eigenvalue weighted by Gasteiger charge is -2.33. The van der Waals surface area contributed by atoms with Crippen molar-refractivity contribution in [3.63, 3.8) is 0 Å². The van der Waals surface area contributed by atoms with E-state index in [1.165, 1.54) is 16.9 Å². The average Bonchev–Trinajstić information content (AvgIpc) is 3.28. The number of benzene rings is 1. The fourth-order valence-electron chi connectivity index (χ4n) is 4.45. The fraction of sp³-hybridized carbons (Fsp3) is 0.360. The molecule has 0 amide bonds. The number of pyridine rings is 1. The van der Waals surface area contributed by atoms with Gasteiger partial charge in [0, 0.05) is 50.6 Å². The summed E-state index contributed by atoms with van der Waals surface area (Å²) in [5.41, 5.74) is 1.72. The number of thiazole rings is 1. The number of nitrogens with zero attached hydrogens (tertiary/aromatic N) is 6. The minimum Gasteiger partial charge on any atom is -0.354 e. The van der Waals surface area contributed by atoms with Gasteiger partial charge in [-0.25, -0.2) is 9.37 Å². The first-order valence-corrected chi connectivity index (χ1v) is 12.3. The van der Waals surface area contributed by atoms with E-state index in [2.05, 4.69) is 16.0 Å². The highest BCUT2D eigenvalue weighted by molar-refractivity contribution is 7.22. The number of anilines is 2. The van der Waals surface area contributed by atoms with Crippen molar-refractivity contribution in [2.24, 2.45) is 0 Å². The third kappa shape index (κ3) is 4.71. The first-order valence-electron chi connectivity index (χ1n) is 11.5. The van der Waals surface area contributed by atoms with E-state index < -0.39 is 17.6 Å². The zero-order valence-electron chi connectivity index (χ0n) is 20.0. The van der Waals surface area contributed by atoms with Gasteiger partial charge in [0.05, 0.1) is 11.3 Å². The molecule has 4 heterocycles. The van der Waals surface area contributed by atoms with Crippen LogP contribution in [-0.4, -0.2) is 47.1 Å². The first-order chi connectivity index (χ1) is 17.1. The molecule has 0 radical (unpaired) electrons. The van der Waals surface area contributed by atoms with Gasteiger partial charge in [0.15, 0.2) is 10.8 Å². The van der Waals surface area contributed by atoms with Crippen LogP contribution in [0, 0.1) is 12.7 Å². The van der Waals surface area contributed by atoms with Gasteiger partial charge in [0.1, 0.15) is 10.5 Å². The highest BCUT2D eigenvalue weighted by Crippen LogP contribution is 2.39. The Balaban J connectivity index is 1.59. The standard InChI is InChI=1S/C25H24F4N6S/c1-14-11-15(8-9-30-14)16-5-4-10-35(13-16)23-31-20(21-22(32-23)33-24(36-21)34(2)3)18-7-6-17(12-19(18)26)25(27,28)29/h6-9,11-12,16H,4-5,10,13H2,1-3H3. The molecule has 4 aromatic rings. The van der Waals surface area contributed by atoms with E-state index in [4.69, 9.17) is 9.97 Å². The number of aryl methyl sites for hydroxylation is 1. The molecule has 0 spiro atoms. The lowest BCUT2D eigenvalue weighted by atomic mass is 9.91. The smallest absolute Gasteiger partial charge is 0.354 e. The maximum atomic E-state index is 15.0. The van der Waals surface area contributed by atoms with Gasteiger partial charge in [-0.2, -0.15) is 23.1 Å². The molecule has 1 aliphatic rings. The van der Waals surface area contributed by atoms with Gasteiger partial charge >= 0.3 is 6.18 Å². The summed E-state index contributed by atoms with van der Waals surface area (Å²) in [5, 5.41) is 0.647. The molecule has 0 N–H and O–H groups in total. The normalized spacial score (nSPS) is 16.5. The summed E-state index contributed by atoms with van der Waals surface area (Å²) in [4.78, 5) is 22.1. The van der Waals surface area contributed by atoms with Crippen molar-refractivity contribution in [2.75, 3.05) is 37.0 Å². The molecule has 1 aliphatic heterocycles. The van der Waals surface area contributed by atoms with Crippen LogP contribution in [0.1, 0.15) is 35.6 Å². The van der Waals surface area contributed by atoms with E-state index in [9.17, 15) is 13.2 Å². The van der Waals surface area contributed by atoms with Gasteiger partial charge in [-0.1, -0.05) is 11.3 Å². The predicted molar refractivity (Wildman–Crippen MR) is 133 cm³/mol. The third-order valence-electron chi connectivity index (χ3n) is 6.26. The molecule has 188 valence electrons. The first kappa shape index (κ1) is 24.4. The van der Waals surface area contributed by atoms with E-state index in [1.54, 1.807) is 6.20 Å². The number of halogens is 4. The second-order valence-electron chi connectivity index (χ2n) is 9.12. The largest absolute Gasteiger partial charge is 0.416 e. The molecule has 3 aromatic heterocycles. The molecule has 6 nitrogen and oxygen atoms in total. The van der Waals surface area contributed by atoms with Crippen LogP contribution in [-0.2, 0) is 6.18 Å². The van der Waals surface area contributed by atoms with Crippen LogP contribution in [0.3, 0.4) is 0 Å². The second-order valence-corrected chi connectivity index (χ2v) is 10.1. The Labute approximate surface area is 209 Å². The molecular weight excluding hydrogens is 492 g/mol. The Morgan fingerprint density at radius 1 is 1.08 bits per heavy atom. The number of piperidine rings is 1. The molecule has 0 saturated carbocycles. The Morgan fingerprint density at radius 2 is 1.89 bits per heavy atom. The van der Waals surface area contributed by atoms with Gasteiger partial charge < -0.3 is 9.80 Å². The van der Waals surface area contributed by atoms with Crippen LogP contribution in [0.25, 0.3) is 21.6 Å². The highest BCUT2D eigenvalue weighted by Gasteiger charge is 2.32. The van der Waals surface area contributed by atoms with Crippen molar-refractivity contribution < 1.29 is 17.6 Å². The number of fused-ring (bicyclic) bond motifs is 1. The Kier molecular flexibility index (Phi) is 6.27. The summed E-state index contributed by atoms with van der Waals surface area (Å²) in [5.74, 6) is -0.346. The minimum absolute atomic E-state index is 0.0103. The van der Waals surface area contributed by atoms with Crippen molar-refractivity contribution in [2.45, 2.75) is 31.9 Å². The average molecular weight is 517 g/mol. The summed E-state index contributed by atoms with van der Waals surface area (Å²) in [7, 11) is 3.66. The Morgan fingerprint density at radius 3 is 2.58 bits per heavy atom. The van der Waals surface area contributed by atoms with Gasteiger partial charge in [0.2, 0.25) is 5.95 Å². The van der Waals surface area contributed by atoms with E-state index in [-0.39, 0.29) is 17.2 Å². The number of hydrogen-bond acceptors (Lipinski definition) is 7. The molecule has 1 aromatic carbocycles. The summed E-state index contributed by atoms with van der Waals surface area (Å²) in [6.45, 7) is 3.33. The number of rotatable bonds is 4. The van der Waals surface area contributed by atoms with Crippen molar-refractivity contribution in [3.8, 4) is 11.3 Å². The summed E-state index contributed by atoms with van der Waals surface area (Å²) in [6, 6.07) is 6.61. The van der Waals surface area contributed by atoms with Gasteiger partial charge in [-0.3, -0.25) is 4.98 Å². The number of hydrogen-bond donors (Lipinski definition) is 0. The molecule has 11 heteroatoms. The molecule has 1 fully saturated rings. The quantitative estimate of drug-likeness (QED) is 0.307. The van der Waals surface area contributed by atoms with Gasteiger partial charge in [-0.05, 0) is 55.7 Å². The predicted octanol–water partition coefficient (Wildman–Crippen LogP) is 6.06. The van der Waals surface area contributed by atoms with Crippen molar-refractivity contribution in [1.82, 2.24) is 19.9 Å². The van der Waals surface area contributed by atoms with Crippen molar-refractivity contribution in [1.29, 1.82) is 0 Å². The zero-order chi connectivity index (χ0) is 25.6. The molecule has 1 saturated heterocycles. The Hall–Kier alpha value is -3.34. The third-order valence-corrected chi connectivity index (χ3v) is 7.48. The maximum absolute atomic E-state index is 15.0. The van der Waals surface area contributed by atoms with Crippen LogP contribution in [0.15, 0.2) is 36.5 Å². The molecule has 1 atom stereocenters. The van der Waals surface area contributed by atoms with Crippen LogP contribution in [0.4, 0.5) is 28.6 Å². The molecule has 36 heavy (non-hydrogen) atoms. The summed E-state index contributed by atoms with van der Waals surface area (Å²) >= 11 is 1.28. The zero-order valence-corrected chi connectivity index (χ0v) is 20.8. The fourth-order valence-corrected chi connectivity index (χ4v) is 5.38. The SMILES string of the molecule is Cc1cc(C2CCCN(c3nc(-c4ccc(C(F)(F)F)cc4F)c4sc(N(C)C)nc4n3)C2)ccn1. The molecule has 5 rings (SSSR count). The van der Waals surface area contributed by atoms with E-state index in [0.29, 0.717) is 40.6 Å². The van der Waals surface area contributed by atoms with E-state index in [1.807, 2.05) is 36.9 Å². The molecule has 1 unspecified atom stereocenters. The van der Waals surface area contributed by atoms with Gasteiger partial charge in [0.25, 0.3) is 0 Å². The minimum atomic E-state index is -4.64. The van der Waals surface area contributed by atoms with Crippen LogP contribution < -0.4 is 9.80 Å². The lowest BCUT2D eigenvalue weighted by Crippen LogP contribution is -2.35. The monoisotopic (exact) mass is 516 g/mol. The highest BCUT2D eigenvalue weighted by atomic mass is 32.1. The van der Waals surface area contributed by atoms with Crippen LogP contribution in [0.2, 0.25) is 0 Å². The van der Waals surface area contributed by atoms with Crippen molar-refractivity contribution >= 4 is 32.8 Å².